The third-order valence-electron chi connectivity index (χ3n) is 11.2. The monoisotopic (exact) mass is 728 g/mol. The number of para-hydroxylation sites is 6. The highest BCUT2D eigenvalue weighted by atomic mass is 16.3. The van der Waals surface area contributed by atoms with Gasteiger partial charge in [0.2, 0.25) is 0 Å². The fourth-order valence-corrected chi connectivity index (χ4v) is 8.55. The summed E-state index contributed by atoms with van der Waals surface area (Å²) in [5.74, 6) is 0. The molecular formula is C54H36N2O. The van der Waals surface area contributed by atoms with E-state index in [0.717, 1.165) is 50.1 Å². The van der Waals surface area contributed by atoms with Gasteiger partial charge in [0.1, 0.15) is 11.2 Å². The maximum atomic E-state index is 6.43. The summed E-state index contributed by atoms with van der Waals surface area (Å²) in [5.41, 5.74) is 15.6. The first-order valence-electron chi connectivity index (χ1n) is 19.4. The lowest BCUT2D eigenvalue weighted by molar-refractivity contribution is 0.670. The molecule has 0 radical (unpaired) electrons. The Labute approximate surface area is 330 Å². The number of aromatic nitrogens is 1. The highest BCUT2D eigenvalue weighted by molar-refractivity contribution is 6.10. The molecule has 2 aromatic heterocycles. The van der Waals surface area contributed by atoms with Crippen molar-refractivity contribution in [2.45, 2.75) is 0 Å². The summed E-state index contributed by atoms with van der Waals surface area (Å²) in [6.45, 7) is 0. The molecule has 0 unspecified atom stereocenters. The maximum absolute atomic E-state index is 6.43. The lowest BCUT2D eigenvalue weighted by Crippen LogP contribution is -2.09. The molecule has 0 fully saturated rings. The zero-order chi connectivity index (χ0) is 37.7. The van der Waals surface area contributed by atoms with E-state index in [4.69, 9.17) is 4.42 Å². The van der Waals surface area contributed by atoms with Crippen LogP contribution in [0.25, 0.3) is 82.8 Å². The molecule has 0 spiro atoms. The molecular weight excluding hydrogens is 693 g/mol. The van der Waals surface area contributed by atoms with E-state index in [0.29, 0.717) is 0 Å². The van der Waals surface area contributed by atoms with Crippen molar-refractivity contribution in [1.29, 1.82) is 0 Å². The van der Waals surface area contributed by atoms with Gasteiger partial charge in [0.25, 0.3) is 0 Å². The van der Waals surface area contributed by atoms with Crippen LogP contribution in [0.5, 0.6) is 0 Å². The fraction of sp³-hybridized carbons (Fsp3) is 0. The average Bonchev–Trinajstić information content (AvgIpc) is 3.83. The zero-order valence-electron chi connectivity index (χ0n) is 31.1. The topological polar surface area (TPSA) is 21.3 Å². The van der Waals surface area contributed by atoms with E-state index >= 15 is 0 Å². The summed E-state index contributed by atoms with van der Waals surface area (Å²) >= 11 is 0. The van der Waals surface area contributed by atoms with E-state index in [2.05, 4.69) is 216 Å². The number of nitrogens with zero attached hydrogens (tertiary/aromatic N) is 2. The van der Waals surface area contributed by atoms with Gasteiger partial charge < -0.3 is 13.9 Å². The number of hydrogen-bond donors (Lipinski definition) is 0. The molecule has 3 nitrogen and oxygen atoms in total. The average molecular weight is 729 g/mol. The van der Waals surface area contributed by atoms with Crippen LogP contribution in [-0.2, 0) is 0 Å². The first-order chi connectivity index (χ1) is 28.3. The van der Waals surface area contributed by atoms with Crippen LogP contribution in [-0.4, -0.2) is 4.57 Å². The predicted molar refractivity (Wildman–Crippen MR) is 239 cm³/mol. The molecule has 11 aromatic rings. The Morgan fingerprint density at radius 3 is 1.61 bits per heavy atom. The minimum absolute atomic E-state index is 0.904. The molecule has 3 heteroatoms. The Bertz CT molecular complexity index is 3170. The quantitative estimate of drug-likeness (QED) is 0.163. The fourth-order valence-electron chi connectivity index (χ4n) is 8.55. The molecule has 0 aliphatic carbocycles. The minimum Gasteiger partial charge on any atom is -0.455 e. The number of fused-ring (bicyclic) bond motifs is 6. The maximum Gasteiger partial charge on any atom is 0.143 e. The first kappa shape index (κ1) is 32.8. The SMILES string of the molecule is c1ccc(N(c2ccc(-c3ccc(-c4ccccc4-n4c5ccccc5c5ccccc54)cc3)cc2)c2cccc(-c3cccc4c3oc3ccccc34)c2)cc1. The van der Waals surface area contributed by atoms with Crippen molar-refractivity contribution < 1.29 is 4.42 Å². The van der Waals surface area contributed by atoms with Gasteiger partial charge in [0.15, 0.2) is 0 Å². The van der Waals surface area contributed by atoms with Gasteiger partial charge in [-0.25, -0.2) is 0 Å². The largest absolute Gasteiger partial charge is 0.455 e. The molecule has 0 aliphatic rings. The van der Waals surface area contributed by atoms with Crippen LogP contribution in [0.4, 0.5) is 17.1 Å². The molecule has 57 heavy (non-hydrogen) atoms. The van der Waals surface area contributed by atoms with E-state index in [1.54, 1.807) is 0 Å². The summed E-state index contributed by atoms with van der Waals surface area (Å²) in [6.07, 6.45) is 0. The van der Waals surface area contributed by atoms with Crippen molar-refractivity contribution in [3.05, 3.63) is 218 Å². The molecule has 0 aliphatic heterocycles. The van der Waals surface area contributed by atoms with Crippen molar-refractivity contribution in [1.82, 2.24) is 4.57 Å². The molecule has 0 atom stereocenters. The second kappa shape index (κ2) is 13.6. The van der Waals surface area contributed by atoms with Gasteiger partial charge in [-0.15, -0.1) is 0 Å². The van der Waals surface area contributed by atoms with E-state index in [9.17, 15) is 0 Å². The summed E-state index contributed by atoms with van der Waals surface area (Å²) < 4.78 is 8.84. The molecule has 268 valence electrons. The number of hydrogen-bond acceptors (Lipinski definition) is 2. The van der Waals surface area contributed by atoms with Crippen LogP contribution < -0.4 is 4.90 Å². The van der Waals surface area contributed by atoms with E-state index in [-0.39, 0.29) is 0 Å². The van der Waals surface area contributed by atoms with Gasteiger partial charge >= 0.3 is 0 Å². The Kier molecular flexibility index (Phi) is 7.82. The summed E-state index contributed by atoms with van der Waals surface area (Å²) in [5, 5.41) is 4.79. The van der Waals surface area contributed by atoms with Crippen LogP contribution in [0.1, 0.15) is 0 Å². The standard InChI is InChI=1S/C54H36N2O/c1-2-15-41(16-3-1)55(43-17-12-14-40(36-43)45-22-13-23-49-48-21-7-11-27-53(48)57-54(45)49)42-34-32-38(33-35-42)37-28-30-39(31-29-37)44-18-4-8-24-50(44)56-51-25-9-5-19-46(51)47-20-6-10-26-52(47)56/h1-36H. The van der Waals surface area contributed by atoms with E-state index in [1.807, 2.05) is 12.1 Å². The van der Waals surface area contributed by atoms with E-state index in [1.165, 1.54) is 49.7 Å². The Hall–Kier alpha value is -7.62. The highest BCUT2D eigenvalue weighted by Crippen LogP contribution is 2.41. The van der Waals surface area contributed by atoms with Crippen molar-refractivity contribution in [3.8, 4) is 39.1 Å². The van der Waals surface area contributed by atoms with Crippen LogP contribution in [0, 0.1) is 0 Å². The molecule has 11 rings (SSSR count). The van der Waals surface area contributed by atoms with Crippen molar-refractivity contribution in [3.63, 3.8) is 0 Å². The summed E-state index contributed by atoms with van der Waals surface area (Å²) in [4.78, 5) is 2.32. The van der Waals surface area contributed by atoms with Gasteiger partial charge in [-0.05, 0) is 82.9 Å². The normalized spacial score (nSPS) is 11.5. The third-order valence-corrected chi connectivity index (χ3v) is 11.2. The molecule has 0 bridgehead atoms. The van der Waals surface area contributed by atoms with Crippen molar-refractivity contribution in [2.24, 2.45) is 0 Å². The molecule has 2 heterocycles. The number of benzene rings is 9. The minimum atomic E-state index is 0.904. The first-order valence-corrected chi connectivity index (χ1v) is 19.4. The van der Waals surface area contributed by atoms with Gasteiger partial charge in [0, 0.05) is 49.7 Å². The molecule has 0 saturated carbocycles. The number of rotatable bonds is 7. The van der Waals surface area contributed by atoms with Crippen LogP contribution in [0.2, 0.25) is 0 Å². The van der Waals surface area contributed by atoms with Crippen molar-refractivity contribution >= 4 is 60.8 Å². The molecule has 0 N–H and O–H groups in total. The van der Waals surface area contributed by atoms with Gasteiger partial charge in [0.05, 0.1) is 16.7 Å². The number of furan rings is 1. The van der Waals surface area contributed by atoms with Crippen LogP contribution >= 0.6 is 0 Å². The third kappa shape index (κ3) is 5.60. The summed E-state index contributed by atoms with van der Waals surface area (Å²) in [6, 6.07) is 78.0. The highest BCUT2D eigenvalue weighted by Gasteiger charge is 2.18. The second-order valence-electron chi connectivity index (χ2n) is 14.5. The molecule has 0 amide bonds. The van der Waals surface area contributed by atoms with Gasteiger partial charge in [-0.3, -0.25) is 0 Å². The predicted octanol–water partition coefficient (Wildman–Crippen LogP) is 15.2. The molecule has 0 saturated heterocycles. The van der Waals surface area contributed by atoms with Crippen LogP contribution in [0.15, 0.2) is 223 Å². The van der Waals surface area contributed by atoms with E-state index < -0.39 is 0 Å². The van der Waals surface area contributed by atoms with Gasteiger partial charge in [-0.2, -0.15) is 0 Å². The Morgan fingerprint density at radius 1 is 0.333 bits per heavy atom. The zero-order valence-corrected chi connectivity index (χ0v) is 31.1. The van der Waals surface area contributed by atoms with Gasteiger partial charge in [-0.1, -0.05) is 158 Å². The van der Waals surface area contributed by atoms with Crippen LogP contribution in [0.3, 0.4) is 0 Å². The number of anilines is 3. The second-order valence-corrected chi connectivity index (χ2v) is 14.5. The Morgan fingerprint density at radius 2 is 0.860 bits per heavy atom. The smallest absolute Gasteiger partial charge is 0.143 e. The summed E-state index contributed by atoms with van der Waals surface area (Å²) in [7, 11) is 0. The molecule has 9 aromatic carbocycles. The Balaban J connectivity index is 0.937. The van der Waals surface area contributed by atoms with Crippen molar-refractivity contribution in [2.75, 3.05) is 4.90 Å². The lowest BCUT2D eigenvalue weighted by Gasteiger charge is -2.26. The lowest BCUT2D eigenvalue weighted by atomic mass is 9.98.